The summed E-state index contributed by atoms with van der Waals surface area (Å²) < 4.78 is 0. The third-order valence-electron chi connectivity index (χ3n) is 2.10. The van der Waals surface area contributed by atoms with Gasteiger partial charge in [-0.1, -0.05) is 6.07 Å². The molecule has 0 atom stereocenters. The van der Waals surface area contributed by atoms with Crippen molar-refractivity contribution in [2.75, 3.05) is 0 Å². The Bertz CT molecular complexity index is 556. The highest BCUT2D eigenvalue weighted by Crippen LogP contribution is 2.26. The molecule has 2 rings (SSSR count). The van der Waals surface area contributed by atoms with Gasteiger partial charge in [-0.3, -0.25) is 0 Å². The first kappa shape index (κ1) is 9.45. The standard InChI is InChI=1S/C12H6N2S/c13-6-9-1-2-12(11(5-9)7-14)10-3-4-15-8-10/h1-5,8H. The molecule has 0 N–H and O–H groups in total. The zero-order valence-corrected chi connectivity index (χ0v) is 8.58. The maximum atomic E-state index is 8.98. The van der Waals surface area contributed by atoms with Gasteiger partial charge in [-0.2, -0.15) is 21.9 Å². The average molecular weight is 210 g/mol. The van der Waals surface area contributed by atoms with Gasteiger partial charge in [0.2, 0.25) is 0 Å². The van der Waals surface area contributed by atoms with Crippen molar-refractivity contribution in [2.24, 2.45) is 0 Å². The summed E-state index contributed by atoms with van der Waals surface area (Å²) >= 11 is 1.59. The number of thiophene rings is 1. The van der Waals surface area contributed by atoms with Crippen molar-refractivity contribution in [1.29, 1.82) is 10.5 Å². The summed E-state index contributed by atoms with van der Waals surface area (Å²) in [7, 11) is 0. The lowest BCUT2D eigenvalue weighted by Crippen LogP contribution is -1.84. The SMILES string of the molecule is N#Cc1ccc(-c2ccsc2)c(C#N)c1. The number of rotatable bonds is 1. The molecule has 0 bridgehead atoms. The molecule has 1 aromatic heterocycles. The fourth-order valence-corrected chi connectivity index (χ4v) is 2.03. The summed E-state index contributed by atoms with van der Waals surface area (Å²) in [5.74, 6) is 0. The Labute approximate surface area is 91.6 Å². The van der Waals surface area contributed by atoms with E-state index < -0.39 is 0 Å². The predicted molar refractivity (Wildman–Crippen MR) is 59.2 cm³/mol. The van der Waals surface area contributed by atoms with Crippen LogP contribution in [0.1, 0.15) is 11.1 Å². The maximum absolute atomic E-state index is 8.98. The van der Waals surface area contributed by atoms with E-state index >= 15 is 0 Å². The second-order valence-corrected chi connectivity index (χ2v) is 3.78. The molecule has 2 nitrogen and oxygen atoms in total. The third-order valence-corrected chi connectivity index (χ3v) is 2.78. The van der Waals surface area contributed by atoms with Crippen LogP contribution in [0, 0.1) is 22.7 Å². The van der Waals surface area contributed by atoms with Crippen molar-refractivity contribution >= 4 is 11.3 Å². The molecule has 0 saturated heterocycles. The number of nitriles is 2. The Morgan fingerprint density at radius 1 is 1.07 bits per heavy atom. The van der Waals surface area contributed by atoms with Crippen molar-refractivity contribution in [1.82, 2.24) is 0 Å². The van der Waals surface area contributed by atoms with Gasteiger partial charge in [-0.05, 0) is 34.5 Å². The maximum Gasteiger partial charge on any atom is 0.0998 e. The summed E-state index contributed by atoms with van der Waals surface area (Å²) in [6.45, 7) is 0. The molecular formula is C12H6N2S. The molecule has 0 radical (unpaired) electrons. The smallest absolute Gasteiger partial charge is 0.0998 e. The van der Waals surface area contributed by atoms with Crippen LogP contribution in [0.25, 0.3) is 11.1 Å². The van der Waals surface area contributed by atoms with Crippen LogP contribution in [0.2, 0.25) is 0 Å². The van der Waals surface area contributed by atoms with Gasteiger partial charge in [-0.25, -0.2) is 0 Å². The van der Waals surface area contributed by atoms with Crippen molar-refractivity contribution in [2.45, 2.75) is 0 Å². The Kier molecular flexibility index (Phi) is 2.49. The molecule has 0 saturated carbocycles. The Morgan fingerprint density at radius 2 is 1.93 bits per heavy atom. The molecule has 0 fully saturated rings. The number of hydrogen-bond donors (Lipinski definition) is 0. The number of hydrogen-bond acceptors (Lipinski definition) is 3. The quantitative estimate of drug-likeness (QED) is 0.725. The highest BCUT2D eigenvalue weighted by atomic mass is 32.1. The van der Waals surface area contributed by atoms with Crippen molar-refractivity contribution in [3.63, 3.8) is 0 Å². The first-order chi connectivity index (χ1) is 7.35. The lowest BCUT2D eigenvalue weighted by atomic mass is 10.0. The zero-order valence-electron chi connectivity index (χ0n) is 7.77. The Balaban J connectivity index is 2.60. The topological polar surface area (TPSA) is 47.6 Å². The van der Waals surface area contributed by atoms with Crippen molar-refractivity contribution in [3.05, 3.63) is 46.2 Å². The summed E-state index contributed by atoms with van der Waals surface area (Å²) in [6.07, 6.45) is 0. The van der Waals surface area contributed by atoms with Crippen LogP contribution in [0.5, 0.6) is 0 Å². The third kappa shape index (κ3) is 1.74. The molecule has 0 aliphatic carbocycles. The monoisotopic (exact) mass is 210 g/mol. The van der Waals surface area contributed by atoms with E-state index in [4.69, 9.17) is 10.5 Å². The van der Waals surface area contributed by atoms with Gasteiger partial charge in [0.15, 0.2) is 0 Å². The van der Waals surface area contributed by atoms with Gasteiger partial charge in [-0.15, -0.1) is 0 Å². The van der Waals surface area contributed by atoms with Crippen LogP contribution in [0.15, 0.2) is 35.0 Å². The summed E-state index contributed by atoms with van der Waals surface area (Å²) in [6, 6.07) is 11.3. The molecule has 0 unspecified atom stereocenters. The predicted octanol–water partition coefficient (Wildman–Crippen LogP) is 3.16. The normalized spacial score (nSPS) is 9.20. The largest absolute Gasteiger partial charge is 0.192 e. The molecule has 1 aromatic carbocycles. The van der Waals surface area contributed by atoms with E-state index in [9.17, 15) is 0 Å². The highest BCUT2D eigenvalue weighted by Gasteiger charge is 2.05. The second-order valence-electron chi connectivity index (χ2n) is 3.00. The first-order valence-electron chi connectivity index (χ1n) is 4.32. The Hall–Kier alpha value is -2.10. The minimum atomic E-state index is 0.519. The van der Waals surface area contributed by atoms with Crippen LogP contribution < -0.4 is 0 Å². The minimum absolute atomic E-state index is 0.519. The van der Waals surface area contributed by atoms with Crippen LogP contribution in [-0.4, -0.2) is 0 Å². The molecule has 0 aliphatic rings. The lowest BCUT2D eigenvalue weighted by Gasteiger charge is -2.00. The molecule has 0 spiro atoms. The van der Waals surface area contributed by atoms with Crippen molar-refractivity contribution < 1.29 is 0 Å². The van der Waals surface area contributed by atoms with E-state index in [1.165, 1.54) is 0 Å². The molecule has 0 aliphatic heterocycles. The highest BCUT2D eigenvalue weighted by molar-refractivity contribution is 7.08. The molecular weight excluding hydrogens is 204 g/mol. The van der Waals surface area contributed by atoms with E-state index in [0.717, 1.165) is 11.1 Å². The molecule has 70 valence electrons. The van der Waals surface area contributed by atoms with E-state index in [2.05, 4.69) is 6.07 Å². The molecule has 0 amide bonds. The van der Waals surface area contributed by atoms with E-state index in [-0.39, 0.29) is 0 Å². The lowest BCUT2D eigenvalue weighted by molar-refractivity contribution is 1.45. The summed E-state index contributed by atoms with van der Waals surface area (Å²) in [4.78, 5) is 0. The van der Waals surface area contributed by atoms with E-state index in [0.29, 0.717) is 11.1 Å². The fourth-order valence-electron chi connectivity index (χ4n) is 1.38. The summed E-state index contributed by atoms with van der Waals surface area (Å²) in [5.41, 5.74) is 2.98. The molecule has 3 heteroatoms. The summed E-state index contributed by atoms with van der Waals surface area (Å²) in [5, 5.41) is 21.7. The van der Waals surface area contributed by atoms with Crippen LogP contribution in [0.3, 0.4) is 0 Å². The van der Waals surface area contributed by atoms with Gasteiger partial charge in [0, 0.05) is 5.56 Å². The van der Waals surface area contributed by atoms with E-state index in [1.807, 2.05) is 29.0 Å². The van der Waals surface area contributed by atoms with Crippen LogP contribution in [-0.2, 0) is 0 Å². The van der Waals surface area contributed by atoms with Crippen LogP contribution >= 0.6 is 11.3 Å². The number of benzene rings is 1. The van der Waals surface area contributed by atoms with Crippen molar-refractivity contribution in [3.8, 4) is 23.3 Å². The first-order valence-corrected chi connectivity index (χ1v) is 5.26. The van der Waals surface area contributed by atoms with Gasteiger partial charge in [0.1, 0.15) is 0 Å². The van der Waals surface area contributed by atoms with Gasteiger partial charge < -0.3 is 0 Å². The van der Waals surface area contributed by atoms with E-state index in [1.54, 1.807) is 23.5 Å². The fraction of sp³-hybridized carbons (Fsp3) is 0. The van der Waals surface area contributed by atoms with Gasteiger partial charge >= 0.3 is 0 Å². The molecule has 1 heterocycles. The van der Waals surface area contributed by atoms with Gasteiger partial charge in [0.25, 0.3) is 0 Å². The number of nitrogens with zero attached hydrogens (tertiary/aromatic N) is 2. The second kappa shape index (κ2) is 3.96. The van der Waals surface area contributed by atoms with Crippen LogP contribution in [0.4, 0.5) is 0 Å². The minimum Gasteiger partial charge on any atom is -0.192 e. The average Bonchev–Trinajstić information content (AvgIpc) is 2.81. The zero-order chi connectivity index (χ0) is 10.7. The Morgan fingerprint density at radius 3 is 2.53 bits per heavy atom. The molecule has 2 aromatic rings. The molecule has 15 heavy (non-hydrogen) atoms. The van der Waals surface area contributed by atoms with Gasteiger partial charge in [0.05, 0.1) is 23.3 Å².